The number of hydrogen-bond acceptors (Lipinski definition) is 3. The van der Waals surface area contributed by atoms with Gasteiger partial charge in [-0.2, -0.15) is 0 Å². The molecule has 0 saturated heterocycles. The van der Waals surface area contributed by atoms with Crippen LogP contribution in [0.2, 0.25) is 0 Å². The summed E-state index contributed by atoms with van der Waals surface area (Å²) in [6.45, 7) is 3.66. The van der Waals surface area contributed by atoms with Crippen LogP contribution in [0.25, 0.3) is 0 Å². The van der Waals surface area contributed by atoms with E-state index in [1.54, 1.807) is 25.1 Å². The molecule has 1 heterocycles. The Kier molecular flexibility index (Phi) is 4.79. The highest BCUT2D eigenvalue weighted by Crippen LogP contribution is 2.33. The molecule has 1 aromatic carbocycles. The quantitative estimate of drug-likeness (QED) is 0.748. The van der Waals surface area contributed by atoms with Gasteiger partial charge < -0.3 is 0 Å². The summed E-state index contributed by atoms with van der Waals surface area (Å²) in [5.41, 5.74) is 2.16. The van der Waals surface area contributed by atoms with E-state index in [4.69, 9.17) is 11.6 Å². The lowest BCUT2D eigenvalue weighted by Gasteiger charge is -2.12. The molecule has 0 aliphatic carbocycles. The van der Waals surface area contributed by atoms with Crippen molar-refractivity contribution in [2.24, 2.45) is 0 Å². The van der Waals surface area contributed by atoms with E-state index in [1.807, 2.05) is 19.1 Å². The van der Waals surface area contributed by atoms with Crippen LogP contribution in [-0.2, 0) is 10.0 Å². The van der Waals surface area contributed by atoms with E-state index >= 15 is 0 Å². The molecule has 1 unspecified atom stereocenters. The normalized spacial score (nSPS) is 13.2. The molecule has 0 saturated carbocycles. The van der Waals surface area contributed by atoms with E-state index in [9.17, 15) is 8.42 Å². The van der Waals surface area contributed by atoms with Crippen LogP contribution in [0.4, 0.5) is 5.69 Å². The largest absolute Gasteiger partial charge is 0.279 e. The Bertz CT molecular complexity index is 706. The van der Waals surface area contributed by atoms with Crippen molar-refractivity contribution in [3.8, 4) is 0 Å². The summed E-state index contributed by atoms with van der Waals surface area (Å²) >= 11 is 10.6. The summed E-state index contributed by atoms with van der Waals surface area (Å²) in [4.78, 5) is 0. The number of aryl methyl sites for hydroxylation is 1. The Morgan fingerprint density at radius 1 is 1.35 bits per heavy atom. The lowest BCUT2D eigenvalue weighted by atomic mass is 10.1. The molecule has 0 aliphatic heterocycles. The summed E-state index contributed by atoms with van der Waals surface area (Å²) in [6, 6.07) is 8.77. The van der Waals surface area contributed by atoms with E-state index in [-0.39, 0.29) is 9.59 Å². The zero-order valence-corrected chi connectivity index (χ0v) is 14.8. The first-order valence-electron chi connectivity index (χ1n) is 5.83. The van der Waals surface area contributed by atoms with Crippen LogP contribution < -0.4 is 4.72 Å². The topological polar surface area (TPSA) is 46.2 Å². The molecular weight excluding hydrogens is 382 g/mol. The molecule has 2 aromatic rings. The van der Waals surface area contributed by atoms with E-state index < -0.39 is 10.0 Å². The fourth-order valence-electron chi connectivity index (χ4n) is 1.70. The summed E-state index contributed by atoms with van der Waals surface area (Å²) < 4.78 is 28.5. The van der Waals surface area contributed by atoms with Gasteiger partial charge in [0.1, 0.15) is 4.21 Å². The number of anilines is 1. The Balaban J connectivity index is 2.38. The highest BCUT2D eigenvalue weighted by atomic mass is 79.9. The van der Waals surface area contributed by atoms with Crippen molar-refractivity contribution in [3.05, 3.63) is 45.2 Å². The number of nitrogens with one attached hydrogen (secondary N) is 1. The maximum Gasteiger partial charge on any atom is 0.271 e. The summed E-state index contributed by atoms with van der Waals surface area (Å²) in [7, 11) is -3.59. The first-order valence-corrected chi connectivity index (χ1v) is 9.36. The number of para-hydroxylation sites is 1. The van der Waals surface area contributed by atoms with Gasteiger partial charge in [0, 0.05) is 0 Å². The van der Waals surface area contributed by atoms with Crippen molar-refractivity contribution >= 4 is 54.6 Å². The van der Waals surface area contributed by atoms with Crippen molar-refractivity contribution in [2.75, 3.05) is 4.72 Å². The van der Waals surface area contributed by atoms with E-state index in [0.29, 0.717) is 5.69 Å². The Labute approximate surface area is 136 Å². The van der Waals surface area contributed by atoms with Gasteiger partial charge in [0.05, 0.1) is 14.9 Å². The van der Waals surface area contributed by atoms with Gasteiger partial charge in [-0.05, 0) is 53.0 Å². The molecule has 0 radical (unpaired) electrons. The third-order valence-electron chi connectivity index (χ3n) is 2.73. The highest BCUT2D eigenvalue weighted by Gasteiger charge is 2.20. The predicted molar refractivity (Wildman–Crippen MR) is 88.3 cm³/mol. The van der Waals surface area contributed by atoms with Gasteiger partial charge in [-0.25, -0.2) is 8.42 Å². The summed E-state index contributed by atoms with van der Waals surface area (Å²) in [5.74, 6) is 0. The number of sulfonamides is 1. The minimum atomic E-state index is -3.59. The standard InChI is InChI=1S/C13H13BrClNO2S2/c1-8-7-12(19-13(8)14)20(17,18)16-11-6-4-3-5-10(11)9(2)15/h3-7,9,16H,1-2H3. The number of thiophene rings is 1. The van der Waals surface area contributed by atoms with Crippen LogP contribution >= 0.6 is 38.9 Å². The predicted octanol–water partition coefficient (Wildman–Crippen LogP) is 4.92. The van der Waals surface area contributed by atoms with Crippen molar-refractivity contribution < 1.29 is 8.42 Å². The Morgan fingerprint density at radius 3 is 2.55 bits per heavy atom. The van der Waals surface area contributed by atoms with Crippen LogP contribution in [0, 0.1) is 6.92 Å². The molecule has 3 nitrogen and oxygen atoms in total. The second-order valence-electron chi connectivity index (χ2n) is 4.33. The molecule has 1 aromatic heterocycles. The molecule has 0 bridgehead atoms. The van der Waals surface area contributed by atoms with E-state index in [1.165, 1.54) is 11.3 Å². The van der Waals surface area contributed by atoms with Gasteiger partial charge in [0.25, 0.3) is 10.0 Å². The van der Waals surface area contributed by atoms with Gasteiger partial charge in [0.15, 0.2) is 0 Å². The zero-order valence-electron chi connectivity index (χ0n) is 10.9. The molecular formula is C13H13BrClNO2S2. The molecule has 20 heavy (non-hydrogen) atoms. The van der Waals surface area contributed by atoms with Crippen LogP contribution in [0.15, 0.2) is 38.3 Å². The monoisotopic (exact) mass is 393 g/mol. The molecule has 2 rings (SSSR count). The number of halogens is 2. The molecule has 7 heteroatoms. The summed E-state index contributed by atoms with van der Waals surface area (Å²) in [5, 5.41) is -0.272. The SMILES string of the molecule is Cc1cc(S(=O)(=O)Nc2ccccc2C(C)Cl)sc1Br. The molecule has 0 spiro atoms. The van der Waals surface area contributed by atoms with Crippen LogP contribution in [-0.4, -0.2) is 8.42 Å². The van der Waals surface area contributed by atoms with Crippen LogP contribution in [0.1, 0.15) is 23.4 Å². The second kappa shape index (κ2) is 6.05. The molecule has 1 atom stereocenters. The Morgan fingerprint density at radius 2 is 2.00 bits per heavy atom. The number of rotatable bonds is 4. The first kappa shape index (κ1) is 15.8. The second-order valence-corrected chi connectivity index (χ2v) is 9.26. The Hall–Kier alpha value is -0.560. The number of benzene rings is 1. The molecule has 0 amide bonds. The average molecular weight is 395 g/mol. The first-order chi connectivity index (χ1) is 9.31. The summed E-state index contributed by atoms with van der Waals surface area (Å²) in [6.07, 6.45) is 0. The van der Waals surface area contributed by atoms with Gasteiger partial charge in [-0.3, -0.25) is 4.72 Å². The van der Waals surface area contributed by atoms with E-state index in [0.717, 1.165) is 14.9 Å². The van der Waals surface area contributed by atoms with Crippen LogP contribution in [0.5, 0.6) is 0 Å². The smallest absolute Gasteiger partial charge is 0.271 e. The van der Waals surface area contributed by atoms with E-state index in [2.05, 4.69) is 20.7 Å². The number of hydrogen-bond donors (Lipinski definition) is 1. The fourth-order valence-corrected chi connectivity index (χ4v) is 5.20. The van der Waals surface area contributed by atoms with Crippen molar-refractivity contribution in [1.82, 2.24) is 0 Å². The van der Waals surface area contributed by atoms with Gasteiger partial charge in [-0.1, -0.05) is 18.2 Å². The lowest BCUT2D eigenvalue weighted by molar-refractivity contribution is 0.603. The van der Waals surface area contributed by atoms with Gasteiger partial charge >= 0.3 is 0 Å². The lowest BCUT2D eigenvalue weighted by Crippen LogP contribution is -2.13. The van der Waals surface area contributed by atoms with Crippen molar-refractivity contribution in [1.29, 1.82) is 0 Å². The van der Waals surface area contributed by atoms with Gasteiger partial charge in [0.2, 0.25) is 0 Å². The third-order valence-corrected chi connectivity index (χ3v) is 6.94. The highest BCUT2D eigenvalue weighted by molar-refractivity contribution is 9.11. The maximum atomic E-state index is 12.4. The van der Waals surface area contributed by atoms with Crippen molar-refractivity contribution in [2.45, 2.75) is 23.4 Å². The zero-order chi connectivity index (χ0) is 14.9. The minimum absolute atomic E-state index is 0.272. The minimum Gasteiger partial charge on any atom is -0.279 e. The maximum absolute atomic E-state index is 12.4. The fraction of sp³-hybridized carbons (Fsp3) is 0.231. The molecule has 108 valence electrons. The van der Waals surface area contributed by atoms with Gasteiger partial charge in [-0.15, -0.1) is 22.9 Å². The average Bonchev–Trinajstić information content (AvgIpc) is 2.70. The third kappa shape index (κ3) is 3.36. The number of alkyl halides is 1. The molecule has 1 N–H and O–H groups in total. The molecule has 0 fully saturated rings. The van der Waals surface area contributed by atoms with Crippen molar-refractivity contribution in [3.63, 3.8) is 0 Å². The van der Waals surface area contributed by atoms with Crippen LogP contribution in [0.3, 0.4) is 0 Å². The molecule has 0 aliphatic rings.